The highest BCUT2D eigenvalue weighted by atomic mass is 15.2. The molecule has 0 spiro atoms. The van der Waals surface area contributed by atoms with Gasteiger partial charge in [-0.3, -0.25) is 4.40 Å². The van der Waals surface area contributed by atoms with Crippen molar-refractivity contribution in [2.75, 3.05) is 0 Å². The normalized spacial score (nSPS) is 10.6. The van der Waals surface area contributed by atoms with E-state index in [9.17, 15) is 0 Å². The number of aryl methyl sites for hydroxylation is 3. The lowest BCUT2D eigenvalue weighted by atomic mass is 10.1. The molecule has 0 N–H and O–H groups in total. The number of hydrogen-bond donors (Lipinski definition) is 0. The maximum absolute atomic E-state index is 8.87. The van der Waals surface area contributed by atoms with Gasteiger partial charge in [-0.15, -0.1) is 10.2 Å². The molecular weight excluding hydrogens is 248 g/mol. The van der Waals surface area contributed by atoms with Crippen LogP contribution in [-0.2, 0) is 12.8 Å². The minimum absolute atomic E-state index is 0.606. The van der Waals surface area contributed by atoms with E-state index in [-0.39, 0.29) is 0 Å². The predicted octanol–water partition coefficient (Wildman–Crippen LogP) is 2.69. The number of rotatable bonds is 3. The summed E-state index contributed by atoms with van der Waals surface area (Å²) in [6, 6.07) is 14.2. The monoisotopic (exact) mass is 262 g/mol. The molecule has 0 saturated carbocycles. The van der Waals surface area contributed by atoms with Crippen molar-refractivity contribution < 1.29 is 0 Å². The van der Waals surface area contributed by atoms with Crippen molar-refractivity contribution in [2.45, 2.75) is 19.8 Å². The summed E-state index contributed by atoms with van der Waals surface area (Å²) in [4.78, 5) is 0. The van der Waals surface area contributed by atoms with Crippen molar-refractivity contribution in [3.63, 3.8) is 0 Å². The summed E-state index contributed by atoms with van der Waals surface area (Å²) in [6.45, 7) is 2.09. The first-order valence-corrected chi connectivity index (χ1v) is 6.55. The standard InChI is InChI=1S/C16H14N4/c1-12-2-4-13(5-3-12)6-7-15-18-19-16-10-14(11-17)8-9-20(15)16/h2-5,8-10H,6-7H2,1H3. The Balaban J connectivity index is 1.81. The largest absolute Gasteiger partial charge is 0.286 e. The van der Waals surface area contributed by atoms with E-state index in [4.69, 9.17) is 5.26 Å². The molecule has 1 aromatic carbocycles. The molecule has 0 unspecified atom stereocenters. The molecule has 0 saturated heterocycles. The second kappa shape index (κ2) is 5.14. The van der Waals surface area contributed by atoms with E-state index in [0.717, 1.165) is 24.3 Å². The fraction of sp³-hybridized carbons (Fsp3) is 0.188. The van der Waals surface area contributed by atoms with Crippen LogP contribution in [0.15, 0.2) is 42.6 Å². The van der Waals surface area contributed by atoms with Crippen LogP contribution in [0, 0.1) is 18.3 Å². The average molecular weight is 262 g/mol. The van der Waals surface area contributed by atoms with Crippen LogP contribution in [0.25, 0.3) is 5.65 Å². The second-order valence-electron chi connectivity index (χ2n) is 4.86. The first-order valence-electron chi connectivity index (χ1n) is 6.55. The number of pyridine rings is 1. The zero-order valence-electron chi connectivity index (χ0n) is 11.2. The lowest BCUT2D eigenvalue weighted by molar-refractivity contribution is 0.838. The molecule has 2 heterocycles. The molecule has 0 bridgehead atoms. The topological polar surface area (TPSA) is 54.0 Å². The van der Waals surface area contributed by atoms with E-state index < -0.39 is 0 Å². The van der Waals surface area contributed by atoms with Crippen LogP contribution in [0.2, 0.25) is 0 Å². The van der Waals surface area contributed by atoms with Crippen molar-refractivity contribution in [1.82, 2.24) is 14.6 Å². The van der Waals surface area contributed by atoms with Gasteiger partial charge >= 0.3 is 0 Å². The molecule has 4 heteroatoms. The summed E-state index contributed by atoms with van der Waals surface area (Å²) in [6.07, 6.45) is 3.62. The summed E-state index contributed by atoms with van der Waals surface area (Å²) in [5.41, 5.74) is 3.89. The Hall–Kier alpha value is -2.67. The molecule has 0 atom stereocenters. The van der Waals surface area contributed by atoms with E-state index in [1.165, 1.54) is 11.1 Å². The molecule has 2 aromatic heterocycles. The molecule has 0 aliphatic heterocycles. The number of aromatic nitrogens is 3. The fourth-order valence-electron chi connectivity index (χ4n) is 2.19. The van der Waals surface area contributed by atoms with Gasteiger partial charge in [0.05, 0.1) is 11.6 Å². The Kier molecular flexibility index (Phi) is 3.18. The first-order chi connectivity index (χ1) is 9.76. The molecule has 3 aromatic rings. The van der Waals surface area contributed by atoms with E-state index in [1.807, 2.05) is 10.6 Å². The quantitative estimate of drug-likeness (QED) is 0.729. The number of benzene rings is 1. The van der Waals surface area contributed by atoms with Crippen LogP contribution >= 0.6 is 0 Å². The van der Waals surface area contributed by atoms with E-state index in [0.29, 0.717) is 5.56 Å². The van der Waals surface area contributed by atoms with Crippen molar-refractivity contribution in [1.29, 1.82) is 5.26 Å². The summed E-state index contributed by atoms with van der Waals surface area (Å²) < 4.78 is 1.94. The Morgan fingerprint density at radius 2 is 1.90 bits per heavy atom. The molecule has 0 amide bonds. The molecular formula is C16H14N4. The first kappa shape index (κ1) is 12.4. The molecule has 3 rings (SSSR count). The summed E-state index contributed by atoms with van der Waals surface area (Å²) in [7, 11) is 0. The number of nitriles is 1. The smallest absolute Gasteiger partial charge is 0.162 e. The van der Waals surface area contributed by atoms with Gasteiger partial charge in [-0.2, -0.15) is 5.26 Å². The minimum Gasteiger partial charge on any atom is -0.286 e. The maximum atomic E-state index is 8.87. The Bertz CT molecular complexity index is 778. The van der Waals surface area contributed by atoms with Gasteiger partial charge in [0, 0.05) is 18.7 Å². The van der Waals surface area contributed by atoms with Crippen LogP contribution in [-0.4, -0.2) is 14.6 Å². The molecule has 98 valence electrons. The maximum Gasteiger partial charge on any atom is 0.162 e. The number of hydrogen-bond acceptors (Lipinski definition) is 3. The fourth-order valence-corrected chi connectivity index (χ4v) is 2.19. The van der Waals surface area contributed by atoms with Crippen molar-refractivity contribution in [2.24, 2.45) is 0 Å². The van der Waals surface area contributed by atoms with Crippen LogP contribution < -0.4 is 0 Å². The minimum atomic E-state index is 0.606. The third-order valence-electron chi connectivity index (χ3n) is 3.37. The lowest BCUT2D eigenvalue weighted by Crippen LogP contribution is -1.98. The van der Waals surface area contributed by atoms with Gasteiger partial charge in [0.25, 0.3) is 0 Å². The van der Waals surface area contributed by atoms with Crippen molar-refractivity contribution >= 4 is 5.65 Å². The summed E-state index contributed by atoms with van der Waals surface area (Å²) in [5.74, 6) is 0.921. The Labute approximate surface area is 117 Å². The van der Waals surface area contributed by atoms with Crippen LogP contribution in [0.4, 0.5) is 0 Å². The summed E-state index contributed by atoms with van der Waals surface area (Å²) in [5, 5.41) is 17.2. The van der Waals surface area contributed by atoms with Gasteiger partial charge < -0.3 is 0 Å². The third kappa shape index (κ3) is 2.39. The molecule has 20 heavy (non-hydrogen) atoms. The van der Waals surface area contributed by atoms with Crippen molar-refractivity contribution in [3.8, 4) is 6.07 Å². The third-order valence-corrected chi connectivity index (χ3v) is 3.37. The number of fused-ring (bicyclic) bond motifs is 1. The van der Waals surface area contributed by atoms with Gasteiger partial charge in [0.1, 0.15) is 5.82 Å². The number of nitrogens with zero attached hydrogens (tertiary/aromatic N) is 4. The Morgan fingerprint density at radius 1 is 1.10 bits per heavy atom. The van der Waals surface area contributed by atoms with Crippen LogP contribution in [0.1, 0.15) is 22.5 Å². The Morgan fingerprint density at radius 3 is 2.65 bits per heavy atom. The van der Waals surface area contributed by atoms with Crippen LogP contribution in [0.5, 0.6) is 0 Å². The van der Waals surface area contributed by atoms with Gasteiger partial charge in [-0.25, -0.2) is 0 Å². The average Bonchev–Trinajstić information content (AvgIpc) is 2.89. The molecule has 0 aliphatic rings. The van der Waals surface area contributed by atoms with E-state index >= 15 is 0 Å². The molecule has 0 fully saturated rings. The highest BCUT2D eigenvalue weighted by Gasteiger charge is 2.06. The zero-order chi connectivity index (χ0) is 13.9. The SMILES string of the molecule is Cc1ccc(CCc2nnc3cc(C#N)ccn23)cc1. The lowest BCUT2D eigenvalue weighted by Gasteiger charge is -2.02. The van der Waals surface area contributed by atoms with Crippen molar-refractivity contribution in [3.05, 3.63) is 65.1 Å². The second-order valence-corrected chi connectivity index (χ2v) is 4.86. The van der Waals surface area contributed by atoms with E-state index in [1.54, 1.807) is 12.1 Å². The zero-order valence-corrected chi connectivity index (χ0v) is 11.2. The van der Waals surface area contributed by atoms with E-state index in [2.05, 4.69) is 47.5 Å². The van der Waals surface area contributed by atoms with Gasteiger partial charge in [-0.1, -0.05) is 29.8 Å². The summed E-state index contributed by atoms with van der Waals surface area (Å²) >= 11 is 0. The van der Waals surface area contributed by atoms with Gasteiger partial charge in [0.15, 0.2) is 5.65 Å². The highest BCUT2D eigenvalue weighted by Crippen LogP contribution is 2.10. The predicted molar refractivity (Wildman–Crippen MR) is 76.3 cm³/mol. The van der Waals surface area contributed by atoms with Gasteiger partial charge in [-0.05, 0) is 25.0 Å². The highest BCUT2D eigenvalue weighted by molar-refractivity contribution is 5.45. The van der Waals surface area contributed by atoms with Crippen LogP contribution in [0.3, 0.4) is 0 Å². The molecule has 0 radical (unpaired) electrons. The molecule has 4 nitrogen and oxygen atoms in total. The molecule has 0 aliphatic carbocycles. The van der Waals surface area contributed by atoms with Gasteiger partial charge in [0.2, 0.25) is 0 Å².